The molecule has 1 unspecified atom stereocenters. The molecule has 4 N–H and O–H groups in total. The van der Waals surface area contributed by atoms with Gasteiger partial charge in [0, 0.05) is 32.3 Å². The molecule has 28 heavy (non-hydrogen) atoms. The van der Waals surface area contributed by atoms with Crippen LogP contribution < -0.4 is 16.5 Å². The minimum Gasteiger partial charge on any atom is -0.368 e. The molecule has 152 valence electrons. The minimum absolute atomic E-state index is 0.0267. The van der Waals surface area contributed by atoms with E-state index >= 15 is 0 Å². The maximum absolute atomic E-state index is 13.3. The third kappa shape index (κ3) is 4.19. The lowest BCUT2D eigenvalue weighted by Crippen LogP contribution is -2.60. The Labute approximate surface area is 162 Å². The van der Waals surface area contributed by atoms with E-state index < -0.39 is 29.4 Å². The summed E-state index contributed by atoms with van der Waals surface area (Å²) in [4.78, 5) is 58.3. The summed E-state index contributed by atoms with van der Waals surface area (Å²) in [5, 5.41) is 4.10. The number of hydrogen-bond acceptors (Lipinski definition) is 7. The maximum Gasteiger partial charge on any atom is 0.331 e. The number of aldehydes is 1. The van der Waals surface area contributed by atoms with Crippen molar-refractivity contribution >= 4 is 36.7 Å². The Morgan fingerprint density at radius 1 is 1.39 bits per heavy atom. The molecule has 3 aliphatic heterocycles. The number of primary amides is 1. The summed E-state index contributed by atoms with van der Waals surface area (Å²) in [6, 6.07) is -1.98. The number of hydrazine groups is 1. The lowest BCUT2D eigenvalue weighted by atomic mass is 9.94. The number of nitrogens with zero attached hydrogens (tertiary/aromatic N) is 4. The molecule has 0 aromatic rings. The molecule has 0 aliphatic carbocycles. The Morgan fingerprint density at radius 3 is 2.89 bits per heavy atom. The van der Waals surface area contributed by atoms with Gasteiger partial charge in [-0.2, -0.15) is 0 Å². The highest BCUT2D eigenvalue weighted by atomic mass is 16.2. The first-order valence-electron chi connectivity index (χ1n) is 9.41. The average Bonchev–Trinajstić information content (AvgIpc) is 3.31. The van der Waals surface area contributed by atoms with Gasteiger partial charge in [-0.05, 0) is 25.7 Å². The van der Waals surface area contributed by atoms with E-state index in [1.54, 1.807) is 0 Å². The molecule has 11 nitrogen and oxygen atoms in total. The molecule has 0 aromatic heterocycles. The number of rotatable bonds is 7. The Morgan fingerprint density at radius 2 is 2.21 bits per heavy atom. The third-order valence-corrected chi connectivity index (χ3v) is 5.20. The van der Waals surface area contributed by atoms with Crippen LogP contribution in [0, 0.1) is 0 Å². The molecule has 3 aliphatic rings. The van der Waals surface area contributed by atoms with E-state index in [2.05, 4.69) is 20.7 Å². The molecular formula is C17H25N7O4. The monoisotopic (exact) mass is 391 g/mol. The second-order valence-corrected chi connectivity index (χ2v) is 7.20. The summed E-state index contributed by atoms with van der Waals surface area (Å²) in [7, 11) is 0. The number of urea groups is 1. The largest absolute Gasteiger partial charge is 0.368 e. The highest BCUT2D eigenvalue weighted by molar-refractivity contribution is 6.01. The van der Waals surface area contributed by atoms with Crippen LogP contribution in [0.2, 0.25) is 0 Å². The van der Waals surface area contributed by atoms with E-state index in [9.17, 15) is 19.2 Å². The van der Waals surface area contributed by atoms with E-state index in [0.717, 1.165) is 12.8 Å². The van der Waals surface area contributed by atoms with Gasteiger partial charge >= 0.3 is 6.03 Å². The van der Waals surface area contributed by atoms with Gasteiger partial charge in [0.05, 0.1) is 0 Å². The number of hydrogen-bond donors (Lipinski definition) is 3. The molecule has 0 saturated carbocycles. The van der Waals surface area contributed by atoms with Gasteiger partial charge in [-0.1, -0.05) is 0 Å². The van der Waals surface area contributed by atoms with Crippen LogP contribution in [-0.4, -0.2) is 83.9 Å². The Balaban J connectivity index is 1.83. The fourth-order valence-electron chi connectivity index (χ4n) is 3.69. The SMILES string of the molecule is NC(=O)[C@@H]1CCCN1C(=O)[C@H](CC1(C=O)C=NC=N1)NN1CCCCNC1=O. The van der Waals surface area contributed by atoms with Gasteiger partial charge in [0.25, 0.3) is 0 Å². The Kier molecular flexibility index (Phi) is 6.02. The molecular weight excluding hydrogens is 366 g/mol. The number of amides is 4. The Bertz CT molecular complexity index is 696. The number of carbonyl (C=O) groups is 4. The number of carbonyl (C=O) groups excluding carboxylic acids is 4. The van der Waals surface area contributed by atoms with Crippen LogP contribution in [0.1, 0.15) is 32.1 Å². The summed E-state index contributed by atoms with van der Waals surface area (Å²) in [6.07, 6.45) is 5.98. The van der Waals surface area contributed by atoms with Crippen LogP contribution >= 0.6 is 0 Å². The molecule has 0 radical (unpaired) electrons. The first-order chi connectivity index (χ1) is 13.5. The van der Waals surface area contributed by atoms with E-state index in [1.807, 2.05) is 0 Å². The molecule has 0 aromatic carbocycles. The van der Waals surface area contributed by atoms with Gasteiger partial charge in [0.1, 0.15) is 18.4 Å². The van der Waals surface area contributed by atoms with Crippen molar-refractivity contribution < 1.29 is 19.2 Å². The fourth-order valence-corrected chi connectivity index (χ4v) is 3.69. The zero-order valence-corrected chi connectivity index (χ0v) is 15.5. The number of aliphatic imine (C=N–C) groups is 2. The van der Waals surface area contributed by atoms with Crippen molar-refractivity contribution in [3.63, 3.8) is 0 Å². The second-order valence-electron chi connectivity index (χ2n) is 7.20. The van der Waals surface area contributed by atoms with Gasteiger partial charge in [-0.25, -0.2) is 15.2 Å². The van der Waals surface area contributed by atoms with E-state index in [4.69, 9.17) is 5.73 Å². The van der Waals surface area contributed by atoms with Crippen molar-refractivity contribution in [2.75, 3.05) is 19.6 Å². The summed E-state index contributed by atoms with van der Waals surface area (Å²) >= 11 is 0. The van der Waals surface area contributed by atoms with Crippen molar-refractivity contribution in [1.82, 2.24) is 20.7 Å². The predicted octanol–water partition coefficient (Wildman–Crippen LogP) is -1.42. The van der Waals surface area contributed by atoms with E-state index in [0.29, 0.717) is 38.8 Å². The van der Waals surface area contributed by atoms with Crippen molar-refractivity contribution in [2.45, 2.75) is 49.7 Å². The zero-order chi connectivity index (χ0) is 20.1. The molecule has 11 heteroatoms. The molecule has 4 amide bonds. The van der Waals surface area contributed by atoms with Crippen molar-refractivity contribution in [2.24, 2.45) is 15.7 Å². The lowest BCUT2D eigenvalue weighted by Gasteiger charge is -2.33. The van der Waals surface area contributed by atoms with Crippen LogP contribution in [0.5, 0.6) is 0 Å². The van der Waals surface area contributed by atoms with E-state index in [1.165, 1.54) is 22.5 Å². The standard InChI is InChI=1S/C17H25N7O4/c18-14(26)13-4-3-6-23(13)15(27)12(8-17(10-25)9-19-11-21-17)22-24-7-2-1-5-20-16(24)28/h9-13,22H,1-8H2,(H2,18,26)(H,20,28)/t12-,13-,17?/m0/s1. The van der Waals surface area contributed by atoms with Gasteiger partial charge in [-0.15, -0.1) is 0 Å². The van der Waals surface area contributed by atoms with Gasteiger partial charge in [0.15, 0.2) is 11.8 Å². The molecule has 2 saturated heterocycles. The quantitative estimate of drug-likeness (QED) is 0.455. The van der Waals surface area contributed by atoms with Crippen LogP contribution in [0.15, 0.2) is 9.98 Å². The van der Waals surface area contributed by atoms with Gasteiger partial charge in [-0.3, -0.25) is 19.6 Å². The van der Waals surface area contributed by atoms with Crippen LogP contribution in [0.4, 0.5) is 4.79 Å². The summed E-state index contributed by atoms with van der Waals surface area (Å²) in [5.74, 6) is -0.960. The fraction of sp³-hybridized carbons (Fsp3) is 0.647. The smallest absolute Gasteiger partial charge is 0.331 e. The normalized spacial score (nSPS) is 28.1. The van der Waals surface area contributed by atoms with Gasteiger partial charge < -0.3 is 20.7 Å². The highest BCUT2D eigenvalue weighted by Crippen LogP contribution is 2.23. The lowest BCUT2D eigenvalue weighted by molar-refractivity contribution is -0.140. The number of likely N-dealkylation sites (tertiary alicyclic amines) is 1. The topological polar surface area (TPSA) is 150 Å². The molecule has 3 rings (SSSR count). The van der Waals surface area contributed by atoms with Crippen molar-refractivity contribution in [3.8, 4) is 0 Å². The van der Waals surface area contributed by atoms with Gasteiger partial charge in [0.2, 0.25) is 11.8 Å². The van der Waals surface area contributed by atoms with Crippen LogP contribution in [-0.2, 0) is 14.4 Å². The predicted molar refractivity (Wildman–Crippen MR) is 101 cm³/mol. The number of nitrogens with one attached hydrogen (secondary N) is 2. The maximum atomic E-state index is 13.3. The first kappa shape index (κ1) is 19.9. The Hall–Kier alpha value is -2.82. The second kappa shape index (κ2) is 8.46. The molecule has 3 atom stereocenters. The van der Waals surface area contributed by atoms with Crippen LogP contribution in [0.25, 0.3) is 0 Å². The summed E-state index contributed by atoms with van der Waals surface area (Å²) in [5.41, 5.74) is 7.11. The molecule has 2 fully saturated rings. The minimum atomic E-state index is -1.28. The molecule has 3 heterocycles. The molecule has 0 bridgehead atoms. The van der Waals surface area contributed by atoms with Crippen molar-refractivity contribution in [3.05, 3.63) is 0 Å². The van der Waals surface area contributed by atoms with Crippen molar-refractivity contribution in [1.29, 1.82) is 0 Å². The highest BCUT2D eigenvalue weighted by Gasteiger charge is 2.42. The number of nitrogens with two attached hydrogens (primary N) is 1. The van der Waals surface area contributed by atoms with Crippen LogP contribution in [0.3, 0.4) is 0 Å². The molecule has 0 spiro atoms. The average molecular weight is 391 g/mol. The summed E-state index contributed by atoms with van der Waals surface area (Å²) in [6.45, 7) is 1.36. The first-order valence-corrected chi connectivity index (χ1v) is 9.41. The third-order valence-electron chi connectivity index (χ3n) is 5.20. The summed E-state index contributed by atoms with van der Waals surface area (Å²) < 4.78 is 0. The zero-order valence-electron chi connectivity index (χ0n) is 15.5. The van der Waals surface area contributed by atoms with E-state index in [-0.39, 0.29) is 12.5 Å².